The molecular weight excluding hydrogens is 402 g/mol. The Labute approximate surface area is 175 Å². The number of ether oxygens (including phenoxy) is 1. The lowest BCUT2D eigenvalue weighted by atomic mass is 10.2. The van der Waals surface area contributed by atoms with Gasteiger partial charge in [0, 0.05) is 13.6 Å². The quantitative estimate of drug-likeness (QED) is 0.459. The van der Waals surface area contributed by atoms with Crippen molar-refractivity contribution in [2.45, 2.75) is 25.5 Å². The Morgan fingerprint density at radius 2 is 2.03 bits per heavy atom. The molecule has 10 nitrogen and oxygen atoms in total. The Balaban J connectivity index is 1.41. The lowest BCUT2D eigenvalue weighted by molar-refractivity contribution is -0.149. The summed E-state index contributed by atoms with van der Waals surface area (Å²) >= 11 is 0. The van der Waals surface area contributed by atoms with E-state index in [2.05, 4.69) is 10.2 Å². The van der Waals surface area contributed by atoms with Crippen LogP contribution in [0.3, 0.4) is 0 Å². The van der Waals surface area contributed by atoms with Gasteiger partial charge in [0.15, 0.2) is 18.2 Å². The zero-order valence-electron chi connectivity index (χ0n) is 16.7. The molecule has 0 saturated carbocycles. The van der Waals surface area contributed by atoms with E-state index in [0.29, 0.717) is 41.9 Å². The van der Waals surface area contributed by atoms with Gasteiger partial charge in [-0.2, -0.15) is 0 Å². The fourth-order valence-corrected chi connectivity index (χ4v) is 4.01. The van der Waals surface area contributed by atoms with Crippen LogP contribution < -0.4 is 5.56 Å². The van der Waals surface area contributed by atoms with Crippen LogP contribution in [0.25, 0.3) is 16.7 Å². The molecule has 5 rings (SSSR count). The first-order valence-corrected chi connectivity index (χ1v) is 9.89. The molecule has 4 heterocycles. The second-order valence-corrected chi connectivity index (χ2v) is 7.37. The summed E-state index contributed by atoms with van der Waals surface area (Å²) in [4.78, 5) is 39.4. The van der Waals surface area contributed by atoms with Gasteiger partial charge in [-0.25, -0.2) is 4.79 Å². The minimum atomic E-state index is -0.683. The molecule has 0 N–H and O–H groups in total. The summed E-state index contributed by atoms with van der Waals surface area (Å²) in [6.45, 7) is 0.321. The number of esters is 1. The highest BCUT2D eigenvalue weighted by Crippen LogP contribution is 2.22. The van der Waals surface area contributed by atoms with E-state index in [1.807, 2.05) is 6.07 Å². The number of likely N-dealkylation sites (tertiary alicyclic amines) is 1. The molecule has 10 heteroatoms. The lowest BCUT2D eigenvalue weighted by Gasteiger charge is -2.22. The molecule has 0 spiro atoms. The largest absolute Gasteiger partial charge is 0.459 e. The van der Waals surface area contributed by atoms with Crippen LogP contribution in [0.5, 0.6) is 0 Å². The van der Waals surface area contributed by atoms with Crippen LogP contribution in [0.1, 0.15) is 29.2 Å². The Hall–Kier alpha value is -3.95. The molecule has 4 aromatic rings. The third kappa shape index (κ3) is 3.07. The van der Waals surface area contributed by atoms with Crippen molar-refractivity contribution in [2.24, 2.45) is 7.05 Å². The highest BCUT2D eigenvalue weighted by Gasteiger charge is 2.36. The van der Waals surface area contributed by atoms with Crippen LogP contribution in [-0.2, 0) is 23.2 Å². The van der Waals surface area contributed by atoms with Gasteiger partial charge in [0.05, 0.1) is 17.2 Å². The summed E-state index contributed by atoms with van der Waals surface area (Å²) in [6.07, 6.45) is 2.64. The molecule has 1 aliphatic heterocycles. The fraction of sp³-hybridized carbons (Fsp3) is 0.286. The average Bonchev–Trinajstić information content (AvgIpc) is 3.55. The van der Waals surface area contributed by atoms with Crippen LogP contribution in [-0.4, -0.2) is 48.5 Å². The van der Waals surface area contributed by atoms with Crippen molar-refractivity contribution < 1.29 is 18.7 Å². The molecule has 1 aliphatic rings. The number of furan rings is 1. The zero-order chi connectivity index (χ0) is 21.5. The monoisotopic (exact) mass is 421 g/mol. The van der Waals surface area contributed by atoms with E-state index in [4.69, 9.17) is 9.15 Å². The molecule has 158 valence electrons. The van der Waals surface area contributed by atoms with E-state index >= 15 is 0 Å². The molecule has 3 aromatic heterocycles. The topological polar surface area (TPSA) is 112 Å². The van der Waals surface area contributed by atoms with E-state index in [1.54, 1.807) is 41.8 Å². The van der Waals surface area contributed by atoms with Crippen LogP contribution in [0.4, 0.5) is 0 Å². The molecule has 1 saturated heterocycles. The maximum atomic E-state index is 12.8. The molecule has 1 aromatic carbocycles. The predicted molar refractivity (Wildman–Crippen MR) is 108 cm³/mol. The third-order valence-corrected chi connectivity index (χ3v) is 5.55. The van der Waals surface area contributed by atoms with Crippen molar-refractivity contribution in [3.05, 3.63) is 64.6 Å². The van der Waals surface area contributed by atoms with Crippen molar-refractivity contribution in [3.63, 3.8) is 0 Å². The minimum absolute atomic E-state index is 0.137. The standard InChI is InChI=1S/C21H19N5O5/c1-24-18(27)13-6-2-3-7-14(13)26-17(22-23-21(24)26)12-31-20(29)15-8-4-10-25(15)19(28)16-9-5-11-30-16/h2-3,5-7,9,11,15H,4,8,10,12H2,1H3. The van der Waals surface area contributed by atoms with Crippen molar-refractivity contribution in [2.75, 3.05) is 6.54 Å². The molecule has 0 aliphatic carbocycles. The molecule has 1 fully saturated rings. The van der Waals surface area contributed by atoms with Gasteiger partial charge in [-0.3, -0.25) is 18.6 Å². The first kappa shape index (κ1) is 19.0. The third-order valence-electron chi connectivity index (χ3n) is 5.55. The second kappa shape index (κ2) is 7.38. The maximum Gasteiger partial charge on any atom is 0.329 e. The number of carbonyl (C=O) groups is 2. The van der Waals surface area contributed by atoms with Crippen molar-refractivity contribution in [1.82, 2.24) is 24.1 Å². The predicted octanol–water partition coefficient (Wildman–Crippen LogP) is 1.52. The summed E-state index contributed by atoms with van der Waals surface area (Å²) in [5.41, 5.74) is 0.448. The van der Waals surface area contributed by atoms with Crippen molar-refractivity contribution in [1.29, 1.82) is 0 Å². The summed E-state index contributed by atoms with van der Waals surface area (Å²) in [6, 6.07) is 9.63. The van der Waals surface area contributed by atoms with Gasteiger partial charge < -0.3 is 14.1 Å². The molecule has 0 radical (unpaired) electrons. The minimum Gasteiger partial charge on any atom is -0.459 e. The average molecular weight is 421 g/mol. The van der Waals surface area contributed by atoms with E-state index in [-0.39, 0.29) is 23.8 Å². The summed E-state index contributed by atoms with van der Waals surface area (Å²) in [7, 11) is 1.62. The molecule has 0 bridgehead atoms. The van der Waals surface area contributed by atoms with Gasteiger partial charge in [0.25, 0.3) is 11.5 Å². The van der Waals surface area contributed by atoms with E-state index in [9.17, 15) is 14.4 Å². The number of aromatic nitrogens is 4. The maximum absolute atomic E-state index is 12.8. The first-order valence-electron chi connectivity index (χ1n) is 9.89. The van der Waals surface area contributed by atoms with Crippen LogP contribution in [0.2, 0.25) is 0 Å². The molecule has 1 atom stereocenters. The number of hydrogen-bond donors (Lipinski definition) is 0. The van der Waals surface area contributed by atoms with Gasteiger partial charge in [0.1, 0.15) is 6.04 Å². The van der Waals surface area contributed by atoms with Gasteiger partial charge in [-0.1, -0.05) is 12.1 Å². The second-order valence-electron chi connectivity index (χ2n) is 7.37. The molecular formula is C21H19N5O5. The number of hydrogen-bond acceptors (Lipinski definition) is 7. The van der Waals surface area contributed by atoms with Crippen molar-refractivity contribution >= 4 is 28.6 Å². The van der Waals surface area contributed by atoms with E-state index in [1.165, 1.54) is 15.7 Å². The van der Waals surface area contributed by atoms with Gasteiger partial charge in [-0.05, 0) is 37.1 Å². The van der Waals surface area contributed by atoms with Gasteiger partial charge in [-0.15, -0.1) is 10.2 Å². The highest BCUT2D eigenvalue weighted by molar-refractivity contribution is 5.95. The number of aryl methyl sites for hydroxylation is 1. The number of para-hydroxylation sites is 1. The Morgan fingerprint density at radius 3 is 2.84 bits per heavy atom. The SMILES string of the molecule is Cn1c(=O)c2ccccc2n2c(COC(=O)C3CCCN3C(=O)c3ccco3)nnc12. The Morgan fingerprint density at radius 1 is 1.19 bits per heavy atom. The number of fused-ring (bicyclic) bond motifs is 3. The van der Waals surface area contributed by atoms with Crippen molar-refractivity contribution in [3.8, 4) is 0 Å². The van der Waals surface area contributed by atoms with Gasteiger partial charge in [0.2, 0.25) is 5.78 Å². The Bertz CT molecular complexity index is 1350. The van der Waals surface area contributed by atoms with E-state index < -0.39 is 12.0 Å². The molecule has 1 unspecified atom stereocenters. The Kier molecular flexibility index (Phi) is 4.54. The number of amides is 1. The van der Waals surface area contributed by atoms with E-state index in [0.717, 1.165) is 0 Å². The fourth-order valence-electron chi connectivity index (χ4n) is 4.01. The highest BCUT2D eigenvalue weighted by atomic mass is 16.5. The summed E-state index contributed by atoms with van der Waals surface area (Å²) < 4.78 is 13.8. The lowest BCUT2D eigenvalue weighted by Crippen LogP contribution is -2.41. The number of rotatable bonds is 4. The first-order chi connectivity index (χ1) is 15.1. The number of nitrogens with zero attached hydrogens (tertiary/aromatic N) is 5. The summed E-state index contributed by atoms with van der Waals surface area (Å²) in [5.74, 6) is 0.0829. The molecule has 31 heavy (non-hydrogen) atoms. The normalized spacial score (nSPS) is 16.3. The smallest absolute Gasteiger partial charge is 0.329 e. The summed E-state index contributed by atoms with van der Waals surface area (Å²) in [5, 5.41) is 8.72. The van der Waals surface area contributed by atoms with Crippen LogP contribution >= 0.6 is 0 Å². The molecule has 1 amide bonds. The van der Waals surface area contributed by atoms with Gasteiger partial charge >= 0.3 is 5.97 Å². The van der Waals surface area contributed by atoms with Crippen LogP contribution in [0, 0.1) is 0 Å². The number of carbonyl (C=O) groups excluding carboxylic acids is 2. The number of benzene rings is 1. The zero-order valence-corrected chi connectivity index (χ0v) is 16.7. The van der Waals surface area contributed by atoms with Crippen LogP contribution in [0.15, 0.2) is 51.9 Å².